The Balaban J connectivity index is 1.86. The molecule has 4 nitrogen and oxygen atoms in total. The van der Waals surface area contributed by atoms with Gasteiger partial charge < -0.3 is 5.32 Å². The number of aromatic nitrogens is 1. The highest BCUT2D eigenvalue weighted by Gasteiger charge is 2.43. The van der Waals surface area contributed by atoms with Crippen LogP contribution in [0.3, 0.4) is 0 Å². The number of fused-ring (bicyclic) bond motifs is 1. The Kier molecular flexibility index (Phi) is 3.36. The quantitative estimate of drug-likeness (QED) is 0.897. The molecule has 6 heteroatoms. The molecule has 1 aromatic heterocycles. The fraction of sp³-hybridized carbons (Fsp3) is 0.214. The highest BCUT2D eigenvalue weighted by molar-refractivity contribution is 9.10. The van der Waals surface area contributed by atoms with Crippen LogP contribution >= 0.6 is 27.5 Å². The molecule has 100 valence electrons. The van der Waals surface area contributed by atoms with Crippen molar-refractivity contribution < 1.29 is 4.79 Å². The number of nitriles is 1. The number of benzene rings is 1. The van der Waals surface area contributed by atoms with Crippen LogP contribution in [0.5, 0.6) is 0 Å². The van der Waals surface area contributed by atoms with Crippen LogP contribution < -0.4 is 5.32 Å². The monoisotopic (exact) mass is 349 g/mol. The van der Waals surface area contributed by atoms with Crippen LogP contribution in [0, 0.1) is 23.2 Å². The first kappa shape index (κ1) is 13.3. The molecule has 0 radical (unpaired) electrons. The van der Waals surface area contributed by atoms with E-state index in [1.807, 2.05) is 6.07 Å². The summed E-state index contributed by atoms with van der Waals surface area (Å²) in [6.07, 6.45) is 2.27. The van der Waals surface area contributed by atoms with E-state index in [9.17, 15) is 4.79 Å². The van der Waals surface area contributed by atoms with Gasteiger partial charge in [0.1, 0.15) is 5.82 Å². The zero-order chi connectivity index (χ0) is 14.3. The second kappa shape index (κ2) is 5.04. The Bertz CT molecular complexity index is 756. The Morgan fingerprint density at radius 1 is 1.50 bits per heavy atom. The molecule has 3 rings (SSSR count). The summed E-state index contributed by atoms with van der Waals surface area (Å²) in [5.41, 5.74) is 0. The average molecular weight is 351 g/mol. The predicted molar refractivity (Wildman–Crippen MR) is 80.3 cm³/mol. The molecule has 1 aromatic carbocycles. The van der Waals surface area contributed by atoms with E-state index in [-0.39, 0.29) is 17.7 Å². The fourth-order valence-electron chi connectivity index (χ4n) is 2.09. The highest BCUT2D eigenvalue weighted by atomic mass is 79.9. The van der Waals surface area contributed by atoms with Crippen LogP contribution in [0.25, 0.3) is 10.8 Å². The van der Waals surface area contributed by atoms with Crippen LogP contribution in [-0.4, -0.2) is 10.9 Å². The van der Waals surface area contributed by atoms with Gasteiger partial charge in [-0.05, 0) is 30.0 Å². The van der Waals surface area contributed by atoms with Crippen LogP contribution in [0.2, 0.25) is 5.02 Å². The summed E-state index contributed by atoms with van der Waals surface area (Å²) in [7, 11) is 0. The minimum atomic E-state index is -0.205. The molecular formula is C14H9BrClN3O. The molecular weight excluding hydrogens is 342 g/mol. The van der Waals surface area contributed by atoms with Gasteiger partial charge in [-0.1, -0.05) is 27.5 Å². The molecule has 0 aliphatic heterocycles. The van der Waals surface area contributed by atoms with E-state index in [1.54, 1.807) is 18.3 Å². The fourth-order valence-corrected chi connectivity index (χ4v) is 2.98. The van der Waals surface area contributed by atoms with Crippen molar-refractivity contribution in [2.75, 3.05) is 5.32 Å². The third kappa shape index (κ3) is 2.49. The number of nitrogens with zero attached hydrogens (tertiary/aromatic N) is 2. The van der Waals surface area contributed by atoms with Gasteiger partial charge in [0.15, 0.2) is 0 Å². The number of carbonyl (C=O) groups excluding carboxylic acids is 1. The Labute approximate surface area is 128 Å². The van der Waals surface area contributed by atoms with E-state index in [4.69, 9.17) is 16.9 Å². The maximum absolute atomic E-state index is 11.9. The summed E-state index contributed by atoms with van der Waals surface area (Å²) < 4.78 is 0.866. The molecule has 0 spiro atoms. The zero-order valence-corrected chi connectivity index (χ0v) is 12.6. The van der Waals surface area contributed by atoms with E-state index in [1.165, 1.54) is 0 Å². The molecule has 20 heavy (non-hydrogen) atoms. The van der Waals surface area contributed by atoms with Gasteiger partial charge in [0.05, 0.1) is 22.9 Å². The molecule has 0 saturated heterocycles. The molecule has 1 fully saturated rings. The first-order valence-electron chi connectivity index (χ1n) is 6.04. The molecule has 1 heterocycles. The van der Waals surface area contributed by atoms with E-state index >= 15 is 0 Å². The predicted octanol–water partition coefficient (Wildman–Crippen LogP) is 3.75. The van der Waals surface area contributed by atoms with Crippen molar-refractivity contribution in [1.29, 1.82) is 5.26 Å². The summed E-state index contributed by atoms with van der Waals surface area (Å²) in [6, 6.07) is 7.57. The number of rotatable bonds is 2. The van der Waals surface area contributed by atoms with Gasteiger partial charge in [-0.15, -0.1) is 0 Å². The third-order valence-electron chi connectivity index (χ3n) is 3.30. The summed E-state index contributed by atoms with van der Waals surface area (Å²) in [5, 5.41) is 13.8. The van der Waals surface area contributed by atoms with Crippen molar-refractivity contribution in [3.05, 3.63) is 33.9 Å². The first-order valence-corrected chi connectivity index (χ1v) is 7.21. The van der Waals surface area contributed by atoms with E-state index in [0.29, 0.717) is 17.3 Å². The summed E-state index contributed by atoms with van der Waals surface area (Å²) >= 11 is 9.51. The van der Waals surface area contributed by atoms with Crippen LogP contribution in [0.4, 0.5) is 5.82 Å². The lowest BCUT2D eigenvalue weighted by Crippen LogP contribution is -2.15. The normalized spacial score (nSPS) is 20.4. The van der Waals surface area contributed by atoms with Crippen molar-refractivity contribution in [3.8, 4) is 6.07 Å². The van der Waals surface area contributed by atoms with Crippen molar-refractivity contribution in [2.24, 2.45) is 11.8 Å². The Morgan fingerprint density at radius 2 is 2.30 bits per heavy atom. The van der Waals surface area contributed by atoms with Gasteiger partial charge in [0, 0.05) is 16.1 Å². The van der Waals surface area contributed by atoms with Crippen LogP contribution in [0.1, 0.15) is 6.42 Å². The number of nitrogens with one attached hydrogen (secondary N) is 1. The van der Waals surface area contributed by atoms with Crippen molar-refractivity contribution in [3.63, 3.8) is 0 Å². The standard InChI is InChI=1S/C14H9BrClN3O/c15-9-1-7-3-13(18-6-11(7)12(16)4-9)19-14(20)10-2-8(10)5-17/h1,3-4,6,8,10H,2H2,(H,18,19,20). The maximum atomic E-state index is 11.9. The molecule has 2 aromatic rings. The number of hydrogen-bond donors (Lipinski definition) is 1. The molecule has 2 unspecified atom stereocenters. The number of amides is 1. The molecule has 1 saturated carbocycles. The molecule has 1 N–H and O–H groups in total. The molecule has 2 atom stereocenters. The topological polar surface area (TPSA) is 65.8 Å². The van der Waals surface area contributed by atoms with Crippen molar-refractivity contribution in [1.82, 2.24) is 4.98 Å². The minimum absolute atomic E-state index is 0.149. The van der Waals surface area contributed by atoms with Gasteiger partial charge >= 0.3 is 0 Å². The second-order valence-electron chi connectivity index (χ2n) is 4.75. The van der Waals surface area contributed by atoms with Gasteiger partial charge in [-0.2, -0.15) is 5.26 Å². The lowest BCUT2D eigenvalue weighted by Gasteiger charge is -2.06. The van der Waals surface area contributed by atoms with E-state index < -0.39 is 0 Å². The van der Waals surface area contributed by atoms with Crippen molar-refractivity contribution in [2.45, 2.75) is 6.42 Å². The van der Waals surface area contributed by atoms with Gasteiger partial charge in [-0.3, -0.25) is 4.79 Å². The SMILES string of the molecule is N#CC1CC1C(=O)Nc1cc2cc(Br)cc(Cl)c2cn1. The lowest BCUT2D eigenvalue weighted by atomic mass is 10.2. The number of carbonyl (C=O) groups is 1. The summed E-state index contributed by atoms with van der Waals surface area (Å²) in [5.74, 6) is -0.0348. The highest BCUT2D eigenvalue weighted by Crippen LogP contribution is 2.38. The van der Waals surface area contributed by atoms with Gasteiger partial charge in [0.2, 0.25) is 5.91 Å². The number of halogens is 2. The zero-order valence-electron chi connectivity index (χ0n) is 10.2. The third-order valence-corrected chi connectivity index (χ3v) is 4.07. The summed E-state index contributed by atoms with van der Waals surface area (Å²) in [4.78, 5) is 16.1. The van der Waals surface area contributed by atoms with Gasteiger partial charge in [0.25, 0.3) is 0 Å². The molecule has 1 aliphatic carbocycles. The van der Waals surface area contributed by atoms with Gasteiger partial charge in [-0.25, -0.2) is 4.98 Å². The van der Waals surface area contributed by atoms with Crippen molar-refractivity contribution >= 4 is 50.0 Å². The number of hydrogen-bond acceptors (Lipinski definition) is 3. The molecule has 1 amide bonds. The minimum Gasteiger partial charge on any atom is -0.310 e. The summed E-state index contributed by atoms with van der Waals surface area (Å²) in [6.45, 7) is 0. The molecule has 1 aliphatic rings. The second-order valence-corrected chi connectivity index (χ2v) is 6.07. The van der Waals surface area contributed by atoms with Crippen LogP contribution in [0.15, 0.2) is 28.9 Å². The lowest BCUT2D eigenvalue weighted by molar-refractivity contribution is -0.117. The molecule has 0 bridgehead atoms. The number of pyridine rings is 1. The Morgan fingerprint density at radius 3 is 3.00 bits per heavy atom. The van der Waals surface area contributed by atoms with Crippen LogP contribution in [-0.2, 0) is 4.79 Å². The van der Waals surface area contributed by atoms with E-state index in [0.717, 1.165) is 15.2 Å². The first-order chi connectivity index (χ1) is 9.58. The average Bonchev–Trinajstić information content (AvgIpc) is 3.17. The largest absolute Gasteiger partial charge is 0.310 e. The Hall–Kier alpha value is -1.64. The van der Waals surface area contributed by atoms with E-state index in [2.05, 4.69) is 32.3 Å². The maximum Gasteiger partial charge on any atom is 0.230 e. The number of anilines is 1. The smallest absolute Gasteiger partial charge is 0.230 e.